The van der Waals surface area contributed by atoms with Gasteiger partial charge in [-0.05, 0) is 64.6 Å². The molecule has 0 spiro atoms. The van der Waals surface area contributed by atoms with Crippen LogP contribution in [0.2, 0.25) is 0 Å². The molecule has 256 valence electrons. The Morgan fingerprint density at radius 2 is 1.53 bits per heavy atom. The topological polar surface area (TPSA) is 146 Å². The van der Waals surface area contributed by atoms with Gasteiger partial charge in [0.1, 0.15) is 0 Å². The van der Waals surface area contributed by atoms with Crippen LogP contribution in [0, 0.1) is 0 Å². The lowest BCUT2D eigenvalue weighted by molar-refractivity contribution is -0.245. The summed E-state index contributed by atoms with van der Waals surface area (Å²) >= 11 is 1.69. The van der Waals surface area contributed by atoms with E-state index in [4.69, 9.17) is 14.7 Å². The van der Waals surface area contributed by atoms with Crippen molar-refractivity contribution in [1.29, 1.82) is 0 Å². The predicted molar refractivity (Wildman–Crippen MR) is 187 cm³/mol. The second kappa shape index (κ2) is 17.8. The molecule has 11 heteroatoms. The zero-order valence-electron chi connectivity index (χ0n) is 27.3. The standard InChI is InChI=1S/C38H41N3O7S/c1-25(43)40-32-16-18-34(19-17-32)49-24-33-21-35(29-10-8-26(23-42)9-11-29)48-38(47-33)30-14-12-28(13-15-30)31-5-2-4-27(20-31)22-39-36(44)6-3-7-37(45)41-46/h2,4-5,8-20,33,35,38,42,46H,3,6-7,21-24H2,1H3,(H,39,44)(H,40,43)(H,41,45)/t33-,35+,38+/m1/s1. The Kier molecular flexibility index (Phi) is 13.0. The van der Waals surface area contributed by atoms with E-state index in [0.29, 0.717) is 25.1 Å². The molecule has 10 nitrogen and oxygen atoms in total. The van der Waals surface area contributed by atoms with Gasteiger partial charge in [0.2, 0.25) is 17.7 Å². The Bertz CT molecular complexity index is 1700. The third-order valence-electron chi connectivity index (χ3n) is 8.09. The van der Waals surface area contributed by atoms with E-state index < -0.39 is 12.2 Å². The maximum atomic E-state index is 12.2. The minimum absolute atomic E-state index is 0.0190. The number of hydrogen-bond acceptors (Lipinski definition) is 8. The molecule has 0 saturated carbocycles. The third-order valence-corrected chi connectivity index (χ3v) is 9.23. The molecule has 3 atom stereocenters. The molecule has 5 N–H and O–H groups in total. The van der Waals surface area contributed by atoms with E-state index in [-0.39, 0.29) is 43.5 Å². The first-order chi connectivity index (χ1) is 23.8. The minimum atomic E-state index is -0.580. The Hall–Kier alpha value is -4.52. The van der Waals surface area contributed by atoms with Crippen molar-refractivity contribution in [3.63, 3.8) is 0 Å². The number of ether oxygens (including phenoxy) is 2. The molecule has 0 aromatic heterocycles. The van der Waals surface area contributed by atoms with Crippen molar-refractivity contribution in [3.05, 3.63) is 119 Å². The van der Waals surface area contributed by atoms with Crippen molar-refractivity contribution in [2.75, 3.05) is 11.1 Å². The van der Waals surface area contributed by atoms with Gasteiger partial charge in [-0.3, -0.25) is 19.6 Å². The molecule has 0 unspecified atom stereocenters. The lowest BCUT2D eigenvalue weighted by atomic mass is 9.99. The summed E-state index contributed by atoms with van der Waals surface area (Å²) in [4.78, 5) is 35.8. The average Bonchev–Trinajstić information content (AvgIpc) is 3.13. The van der Waals surface area contributed by atoms with Crippen LogP contribution in [-0.4, -0.2) is 39.9 Å². The molecule has 1 aliphatic heterocycles. The SMILES string of the molecule is CC(=O)Nc1ccc(SC[C@H]2C[C@@H](c3ccc(CO)cc3)O[C@@H](c3ccc(-c4cccc(CNC(=O)CCCC(=O)NO)c4)cc3)O2)cc1. The molecule has 1 aliphatic rings. The Morgan fingerprint density at radius 1 is 0.816 bits per heavy atom. The molecule has 1 heterocycles. The maximum Gasteiger partial charge on any atom is 0.243 e. The monoisotopic (exact) mass is 683 g/mol. The Labute approximate surface area is 290 Å². The first kappa shape index (κ1) is 35.8. The highest BCUT2D eigenvalue weighted by Crippen LogP contribution is 2.40. The molecule has 3 amide bonds. The zero-order chi connectivity index (χ0) is 34.6. The first-order valence-corrected chi connectivity index (χ1v) is 17.2. The quantitative estimate of drug-likeness (QED) is 0.0581. The number of hydrogen-bond donors (Lipinski definition) is 5. The lowest BCUT2D eigenvalue weighted by Gasteiger charge is -2.36. The summed E-state index contributed by atoms with van der Waals surface area (Å²) in [6.07, 6.45) is 0.429. The van der Waals surface area contributed by atoms with Crippen LogP contribution >= 0.6 is 11.8 Å². The van der Waals surface area contributed by atoms with E-state index in [1.165, 1.54) is 6.92 Å². The molecule has 1 saturated heterocycles. The average molecular weight is 684 g/mol. The number of benzene rings is 4. The van der Waals surface area contributed by atoms with Crippen LogP contribution in [0.3, 0.4) is 0 Å². The second-order valence-electron chi connectivity index (χ2n) is 11.9. The number of thioether (sulfide) groups is 1. The molecular weight excluding hydrogens is 642 g/mol. The van der Waals surface area contributed by atoms with Gasteiger partial charge in [0.15, 0.2) is 6.29 Å². The van der Waals surface area contributed by atoms with Gasteiger partial charge in [-0.25, -0.2) is 5.48 Å². The highest BCUT2D eigenvalue weighted by atomic mass is 32.2. The van der Waals surface area contributed by atoms with Gasteiger partial charge in [0, 0.05) is 54.6 Å². The van der Waals surface area contributed by atoms with Gasteiger partial charge in [0.25, 0.3) is 0 Å². The summed E-state index contributed by atoms with van der Waals surface area (Å²) in [6.45, 7) is 1.83. The van der Waals surface area contributed by atoms with E-state index in [0.717, 1.165) is 44.0 Å². The normalized spacial score (nSPS) is 17.2. The smallest absolute Gasteiger partial charge is 0.243 e. The van der Waals surface area contributed by atoms with E-state index in [1.54, 1.807) is 17.2 Å². The molecule has 5 rings (SSSR count). The van der Waals surface area contributed by atoms with Crippen LogP contribution in [-0.2, 0) is 37.0 Å². The fourth-order valence-electron chi connectivity index (χ4n) is 5.50. The lowest BCUT2D eigenvalue weighted by Crippen LogP contribution is -2.31. The summed E-state index contributed by atoms with van der Waals surface area (Å²) in [5.41, 5.74) is 8.05. The molecule has 4 aromatic carbocycles. The third kappa shape index (κ3) is 10.7. The zero-order valence-corrected chi connectivity index (χ0v) is 28.1. The number of anilines is 1. The molecule has 1 fully saturated rings. The van der Waals surface area contributed by atoms with E-state index >= 15 is 0 Å². The van der Waals surface area contributed by atoms with Crippen LogP contribution in [0.4, 0.5) is 5.69 Å². The van der Waals surface area contributed by atoms with Crippen LogP contribution in [0.5, 0.6) is 0 Å². The van der Waals surface area contributed by atoms with E-state index in [1.807, 2.05) is 97.1 Å². The summed E-state index contributed by atoms with van der Waals surface area (Å²) in [6, 6.07) is 31.6. The van der Waals surface area contributed by atoms with E-state index in [2.05, 4.69) is 10.6 Å². The number of carbonyl (C=O) groups is 3. The maximum absolute atomic E-state index is 12.2. The number of aliphatic hydroxyl groups excluding tert-OH is 1. The van der Waals surface area contributed by atoms with Crippen molar-refractivity contribution in [3.8, 4) is 11.1 Å². The van der Waals surface area contributed by atoms with Crippen molar-refractivity contribution in [2.45, 2.75) is 69.2 Å². The number of nitrogens with one attached hydrogen (secondary N) is 3. The van der Waals surface area contributed by atoms with Crippen molar-refractivity contribution in [1.82, 2.24) is 10.8 Å². The van der Waals surface area contributed by atoms with Crippen LogP contribution in [0.15, 0.2) is 102 Å². The fraction of sp³-hybridized carbons (Fsp3) is 0.289. The number of carbonyl (C=O) groups excluding carboxylic acids is 3. The number of rotatable bonds is 14. The summed E-state index contributed by atoms with van der Waals surface area (Å²) < 4.78 is 13.0. The molecular formula is C38H41N3O7S. The molecule has 4 aromatic rings. The summed E-state index contributed by atoms with van der Waals surface area (Å²) in [7, 11) is 0. The largest absolute Gasteiger partial charge is 0.392 e. The van der Waals surface area contributed by atoms with Crippen molar-refractivity contribution in [2.24, 2.45) is 0 Å². The minimum Gasteiger partial charge on any atom is -0.392 e. The van der Waals surface area contributed by atoms with Gasteiger partial charge in [-0.2, -0.15) is 0 Å². The fourth-order valence-corrected chi connectivity index (χ4v) is 6.42. The first-order valence-electron chi connectivity index (χ1n) is 16.2. The highest BCUT2D eigenvalue weighted by molar-refractivity contribution is 7.99. The van der Waals surface area contributed by atoms with Crippen LogP contribution < -0.4 is 16.1 Å². The number of aliphatic hydroxyl groups is 1. The van der Waals surface area contributed by atoms with Crippen LogP contribution in [0.1, 0.15) is 67.3 Å². The van der Waals surface area contributed by atoms with Gasteiger partial charge in [-0.15, -0.1) is 11.8 Å². The van der Waals surface area contributed by atoms with Gasteiger partial charge >= 0.3 is 0 Å². The van der Waals surface area contributed by atoms with Crippen molar-refractivity contribution >= 4 is 35.2 Å². The highest BCUT2D eigenvalue weighted by Gasteiger charge is 2.32. The molecule has 49 heavy (non-hydrogen) atoms. The Balaban J connectivity index is 1.24. The molecule has 0 aliphatic carbocycles. The molecule has 0 radical (unpaired) electrons. The summed E-state index contributed by atoms with van der Waals surface area (Å²) in [5.74, 6) is -0.0657. The summed E-state index contributed by atoms with van der Waals surface area (Å²) in [5, 5.41) is 23.8. The van der Waals surface area contributed by atoms with Gasteiger partial charge < -0.3 is 25.2 Å². The predicted octanol–water partition coefficient (Wildman–Crippen LogP) is 6.43. The second-order valence-corrected chi connectivity index (χ2v) is 12.9. The number of amides is 3. The van der Waals surface area contributed by atoms with Crippen LogP contribution in [0.25, 0.3) is 11.1 Å². The van der Waals surface area contributed by atoms with Gasteiger partial charge in [0.05, 0.1) is 18.8 Å². The molecule has 0 bridgehead atoms. The number of hydroxylamine groups is 1. The Morgan fingerprint density at radius 3 is 2.22 bits per heavy atom. The van der Waals surface area contributed by atoms with Crippen molar-refractivity contribution < 1.29 is 34.2 Å². The van der Waals surface area contributed by atoms with Gasteiger partial charge in [-0.1, -0.05) is 66.7 Å². The van der Waals surface area contributed by atoms with E-state index in [9.17, 15) is 19.5 Å².